The Hall–Kier alpha value is -1.68. The molecule has 0 radical (unpaired) electrons. The lowest BCUT2D eigenvalue weighted by Crippen LogP contribution is -2.33. The fourth-order valence-corrected chi connectivity index (χ4v) is 2.95. The summed E-state index contributed by atoms with van der Waals surface area (Å²) in [6.07, 6.45) is 2.63. The Morgan fingerprint density at radius 1 is 1.25 bits per heavy atom. The van der Waals surface area contributed by atoms with Crippen molar-refractivity contribution in [2.75, 3.05) is 0 Å². The number of hydrogen-bond donors (Lipinski definition) is 0. The topological polar surface area (TPSA) is 20.3 Å². The molecule has 20 heavy (non-hydrogen) atoms. The normalized spacial score (nSPS) is 14.2. The molecule has 0 aliphatic heterocycles. The Balaban J connectivity index is 1.69. The Labute approximate surface area is 121 Å². The van der Waals surface area contributed by atoms with Crippen molar-refractivity contribution in [1.29, 1.82) is 0 Å². The van der Waals surface area contributed by atoms with Gasteiger partial charge in [0.05, 0.1) is 6.42 Å². The van der Waals surface area contributed by atoms with E-state index in [1.54, 1.807) is 23.5 Å². The molecule has 0 bridgehead atoms. The molecule has 0 N–H and O–H groups in total. The van der Waals surface area contributed by atoms with Crippen molar-refractivity contribution in [2.24, 2.45) is 0 Å². The number of thiophene rings is 1. The summed E-state index contributed by atoms with van der Waals surface area (Å²) in [6.45, 7) is 0.579. The van der Waals surface area contributed by atoms with Gasteiger partial charge in [0.2, 0.25) is 5.91 Å². The Kier molecular flexibility index (Phi) is 3.83. The molecule has 2 nitrogen and oxygen atoms in total. The number of carbonyl (C=O) groups excluding carboxylic acids is 1. The highest BCUT2D eigenvalue weighted by Crippen LogP contribution is 2.29. The second-order valence-corrected chi connectivity index (χ2v) is 6.17. The van der Waals surface area contributed by atoms with Gasteiger partial charge in [-0.2, -0.15) is 0 Å². The SMILES string of the molecule is O=C(Cc1cccs1)N(Cc1ccc(F)cc1)C1CC1. The van der Waals surface area contributed by atoms with E-state index in [2.05, 4.69) is 0 Å². The van der Waals surface area contributed by atoms with Gasteiger partial charge in [-0.15, -0.1) is 11.3 Å². The van der Waals surface area contributed by atoms with Crippen molar-refractivity contribution in [3.8, 4) is 0 Å². The second-order valence-electron chi connectivity index (χ2n) is 5.14. The van der Waals surface area contributed by atoms with E-state index >= 15 is 0 Å². The summed E-state index contributed by atoms with van der Waals surface area (Å²) >= 11 is 1.61. The average Bonchev–Trinajstić information content (AvgIpc) is 3.15. The van der Waals surface area contributed by atoms with E-state index in [4.69, 9.17) is 0 Å². The van der Waals surface area contributed by atoms with Gasteiger partial charge in [-0.05, 0) is 42.0 Å². The summed E-state index contributed by atoms with van der Waals surface area (Å²) in [4.78, 5) is 15.5. The van der Waals surface area contributed by atoms with Crippen LogP contribution in [0, 0.1) is 5.82 Å². The Morgan fingerprint density at radius 3 is 2.60 bits per heavy atom. The van der Waals surface area contributed by atoms with Crippen LogP contribution < -0.4 is 0 Å². The monoisotopic (exact) mass is 289 g/mol. The van der Waals surface area contributed by atoms with Gasteiger partial charge in [-0.3, -0.25) is 4.79 Å². The number of carbonyl (C=O) groups is 1. The summed E-state index contributed by atoms with van der Waals surface area (Å²) < 4.78 is 12.9. The number of benzene rings is 1. The Morgan fingerprint density at radius 2 is 2.00 bits per heavy atom. The van der Waals surface area contributed by atoms with Gasteiger partial charge in [0, 0.05) is 17.5 Å². The van der Waals surface area contributed by atoms with Crippen molar-refractivity contribution >= 4 is 17.2 Å². The zero-order valence-electron chi connectivity index (χ0n) is 11.1. The third kappa shape index (κ3) is 3.25. The largest absolute Gasteiger partial charge is 0.335 e. The number of amides is 1. The van der Waals surface area contributed by atoms with Gasteiger partial charge in [0.15, 0.2) is 0 Å². The van der Waals surface area contributed by atoms with Crippen LogP contribution in [0.15, 0.2) is 41.8 Å². The van der Waals surface area contributed by atoms with Crippen molar-refractivity contribution in [1.82, 2.24) is 4.90 Å². The summed E-state index contributed by atoms with van der Waals surface area (Å²) in [6, 6.07) is 10.7. The predicted octanol–water partition coefficient (Wildman–Crippen LogP) is 3.62. The third-order valence-corrected chi connectivity index (χ3v) is 4.36. The molecule has 1 aliphatic carbocycles. The molecule has 1 saturated carbocycles. The minimum atomic E-state index is -0.239. The van der Waals surface area contributed by atoms with Gasteiger partial charge in [0.25, 0.3) is 0 Å². The first-order chi connectivity index (χ1) is 9.72. The molecule has 0 spiro atoms. The van der Waals surface area contributed by atoms with Crippen LogP contribution in [0.1, 0.15) is 23.3 Å². The maximum atomic E-state index is 12.9. The first-order valence-corrected chi connectivity index (χ1v) is 7.66. The molecule has 1 aromatic heterocycles. The third-order valence-electron chi connectivity index (χ3n) is 3.48. The minimum Gasteiger partial charge on any atom is -0.335 e. The van der Waals surface area contributed by atoms with Crippen LogP contribution in [0.5, 0.6) is 0 Å². The van der Waals surface area contributed by atoms with Crippen LogP contribution >= 0.6 is 11.3 Å². The lowest BCUT2D eigenvalue weighted by atomic mass is 10.2. The molecule has 0 saturated heterocycles. The van der Waals surface area contributed by atoms with Gasteiger partial charge in [-0.1, -0.05) is 18.2 Å². The van der Waals surface area contributed by atoms with Crippen molar-refractivity contribution < 1.29 is 9.18 Å². The highest BCUT2D eigenvalue weighted by Gasteiger charge is 2.32. The van der Waals surface area contributed by atoms with E-state index in [1.807, 2.05) is 22.4 Å². The number of rotatable bonds is 5. The maximum absolute atomic E-state index is 12.9. The van der Waals surface area contributed by atoms with Gasteiger partial charge in [0.1, 0.15) is 5.82 Å². The summed E-state index contributed by atoms with van der Waals surface area (Å²) in [7, 11) is 0. The highest BCUT2D eigenvalue weighted by molar-refractivity contribution is 7.10. The van der Waals surface area contributed by atoms with Crippen molar-refractivity contribution in [3.05, 3.63) is 58.0 Å². The smallest absolute Gasteiger partial charge is 0.228 e. The fraction of sp³-hybridized carbons (Fsp3) is 0.312. The fourth-order valence-electron chi connectivity index (χ4n) is 2.26. The van der Waals surface area contributed by atoms with Crippen LogP contribution in [0.2, 0.25) is 0 Å². The van der Waals surface area contributed by atoms with Gasteiger partial charge < -0.3 is 4.90 Å². The summed E-state index contributed by atoms with van der Waals surface area (Å²) in [5.74, 6) is -0.0732. The zero-order chi connectivity index (χ0) is 13.9. The highest BCUT2D eigenvalue weighted by atomic mass is 32.1. The number of nitrogens with zero attached hydrogens (tertiary/aromatic N) is 1. The molecule has 1 amide bonds. The molecule has 2 aromatic rings. The molecule has 104 valence electrons. The van der Waals surface area contributed by atoms with Crippen LogP contribution in [-0.2, 0) is 17.8 Å². The molecule has 4 heteroatoms. The zero-order valence-corrected chi connectivity index (χ0v) is 11.9. The first-order valence-electron chi connectivity index (χ1n) is 6.78. The van der Waals surface area contributed by atoms with Gasteiger partial charge in [-0.25, -0.2) is 4.39 Å². The van der Waals surface area contributed by atoms with Crippen molar-refractivity contribution in [3.63, 3.8) is 0 Å². The quantitative estimate of drug-likeness (QED) is 0.823. The maximum Gasteiger partial charge on any atom is 0.228 e. The molecular weight excluding hydrogens is 273 g/mol. The molecule has 0 unspecified atom stereocenters. The standard InChI is InChI=1S/C16H16FNOS/c17-13-5-3-12(4-6-13)11-18(14-7-8-14)16(19)10-15-2-1-9-20-15/h1-6,9,14H,7-8,10-11H2. The molecule has 3 rings (SSSR count). The van der Waals surface area contributed by atoms with E-state index in [0.717, 1.165) is 23.3 Å². The van der Waals surface area contributed by atoms with E-state index < -0.39 is 0 Å². The summed E-state index contributed by atoms with van der Waals surface area (Å²) in [5, 5.41) is 1.99. The van der Waals surface area contributed by atoms with Crippen LogP contribution in [-0.4, -0.2) is 16.8 Å². The molecule has 0 atom stereocenters. The summed E-state index contributed by atoms with van der Waals surface area (Å²) in [5.41, 5.74) is 0.984. The first kappa shape index (κ1) is 13.3. The van der Waals surface area contributed by atoms with E-state index in [0.29, 0.717) is 19.0 Å². The Bertz CT molecular complexity index is 575. The van der Waals surface area contributed by atoms with E-state index in [1.165, 1.54) is 12.1 Å². The van der Waals surface area contributed by atoms with Crippen LogP contribution in [0.25, 0.3) is 0 Å². The number of hydrogen-bond acceptors (Lipinski definition) is 2. The van der Waals surface area contributed by atoms with Crippen LogP contribution in [0.4, 0.5) is 4.39 Å². The van der Waals surface area contributed by atoms with E-state index in [9.17, 15) is 9.18 Å². The van der Waals surface area contributed by atoms with Crippen molar-refractivity contribution in [2.45, 2.75) is 31.8 Å². The number of halogens is 1. The van der Waals surface area contributed by atoms with Crippen LogP contribution in [0.3, 0.4) is 0 Å². The second kappa shape index (κ2) is 5.75. The average molecular weight is 289 g/mol. The predicted molar refractivity (Wildman–Crippen MR) is 78.0 cm³/mol. The molecule has 1 heterocycles. The molecule has 1 aromatic carbocycles. The molecular formula is C16H16FNOS. The molecule has 1 fully saturated rings. The lowest BCUT2D eigenvalue weighted by Gasteiger charge is -2.22. The molecule has 1 aliphatic rings. The minimum absolute atomic E-state index is 0.166. The lowest BCUT2D eigenvalue weighted by molar-refractivity contribution is -0.131. The van der Waals surface area contributed by atoms with E-state index in [-0.39, 0.29) is 11.7 Å². The van der Waals surface area contributed by atoms with Gasteiger partial charge >= 0.3 is 0 Å².